The van der Waals surface area contributed by atoms with E-state index in [0.717, 1.165) is 16.6 Å². The molecule has 0 spiro atoms. The first-order valence-corrected chi connectivity index (χ1v) is 10.8. The largest absolute Gasteiger partial charge is 0.330 e. The van der Waals surface area contributed by atoms with Crippen LogP contribution in [-0.4, -0.2) is 41.6 Å². The minimum Gasteiger partial charge on any atom is -0.330 e. The Kier molecular flexibility index (Phi) is 4.24. The second-order valence-corrected chi connectivity index (χ2v) is 9.19. The Morgan fingerprint density at radius 2 is 2.04 bits per heavy atom. The molecular formula is C19H18ClN3O3S. The molecule has 4 rings (SSSR count). The fraction of sp³-hybridized carbons (Fsp3) is 0.263. The molecule has 1 atom stereocenters. The summed E-state index contributed by atoms with van der Waals surface area (Å²) in [5, 5.41) is 4.88. The minimum atomic E-state index is -3.31. The number of nitrogens with zero attached hydrogens (tertiary/aromatic N) is 3. The van der Waals surface area contributed by atoms with E-state index in [-0.39, 0.29) is 11.9 Å². The van der Waals surface area contributed by atoms with Crippen molar-refractivity contribution in [1.29, 1.82) is 0 Å². The molecule has 2 aromatic heterocycles. The highest BCUT2D eigenvalue weighted by Gasteiger charge is 2.32. The van der Waals surface area contributed by atoms with Gasteiger partial charge in [-0.2, -0.15) is 5.10 Å². The number of halogens is 1. The number of sulfone groups is 1. The van der Waals surface area contributed by atoms with Gasteiger partial charge in [-0.1, -0.05) is 23.7 Å². The molecule has 0 aliphatic carbocycles. The van der Waals surface area contributed by atoms with Gasteiger partial charge in [0.15, 0.2) is 15.5 Å². The molecule has 27 heavy (non-hydrogen) atoms. The quantitative estimate of drug-likeness (QED) is 0.659. The molecule has 0 saturated carbocycles. The predicted octanol–water partition coefficient (Wildman–Crippen LogP) is 3.15. The Bertz CT molecular complexity index is 1170. The summed E-state index contributed by atoms with van der Waals surface area (Å²) in [4.78, 5) is 15.1. The standard InChI is InChI=1S/C19H18ClN3O3S/c1-12-15-4-3-5-18(27(2,25)26)16(15)8-9-22(12)19(24)17-10-14-7-6-13(20)11-23(14)21-17/h3-7,10-12H,8-9H2,1-2H3. The molecule has 0 fully saturated rings. The summed E-state index contributed by atoms with van der Waals surface area (Å²) < 4.78 is 25.7. The predicted molar refractivity (Wildman–Crippen MR) is 103 cm³/mol. The first-order valence-electron chi connectivity index (χ1n) is 8.53. The number of hydrogen-bond acceptors (Lipinski definition) is 4. The lowest BCUT2D eigenvalue weighted by molar-refractivity contribution is 0.0670. The highest BCUT2D eigenvalue weighted by atomic mass is 35.5. The van der Waals surface area contributed by atoms with E-state index in [0.29, 0.717) is 28.6 Å². The van der Waals surface area contributed by atoms with E-state index in [2.05, 4.69) is 5.10 Å². The normalized spacial score (nSPS) is 17.1. The number of pyridine rings is 1. The van der Waals surface area contributed by atoms with E-state index in [1.807, 2.05) is 13.0 Å². The van der Waals surface area contributed by atoms with E-state index >= 15 is 0 Å². The Hall–Kier alpha value is -2.38. The van der Waals surface area contributed by atoms with Crippen LogP contribution >= 0.6 is 11.6 Å². The van der Waals surface area contributed by atoms with Crippen molar-refractivity contribution >= 4 is 32.9 Å². The minimum absolute atomic E-state index is 0.183. The van der Waals surface area contributed by atoms with Crippen LogP contribution in [0.5, 0.6) is 0 Å². The second kappa shape index (κ2) is 6.35. The van der Waals surface area contributed by atoms with Crippen molar-refractivity contribution in [3.05, 3.63) is 64.4 Å². The Balaban J connectivity index is 1.71. The molecule has 0 bridgehead atoms. The molecule has 1 amide bonds. The van der Waals surface area contributed by atoms with Crippen LogP contribution in [0.2, 0.25) is 5.02 Å². The number of amides is 1. The van der Waals surface area contributed by atoms with Gasteiger partial charge in [-0.3, -0.25) is 4.79 Å². The first kappa shape index (κ1) is 18.0. The lowest BCUT2D eigenvalue weighted by Gasteiger charge is -2.35. The van der Waals surface area contributed by atoms with E-state index in [1.54, 1.807) is 45.9 Å². The Morgan fingerprint density at radius 3 is 2.78 bits per heavy atom. The third-order valence-electron chi connectivity index (χ3n) is 4.99. The number of benzene rings is 1. The molecular weight excluding hydrogens is 386 g/mol. The third kappa shape index (κ3) is 3.11. The van der Waals surface area contributed by atoms with Gasteiger partial charge in [0, 0.05) is 19.0 Å². The van der Waals surface area contributed by atoms with Gasteiger partial charge in [0.25, 0.3) is 5.91 Å². The fourth-order valence-corrected chi connectivity index (χ4v) is 4.82. The lowest BCUT2D eigenvalue weighted by atomic mass is 9.93. The Morgan fingerprint density at radius 1 is 1.26 bits per heavy atom. The van der Waals surface area contributed by atoms with Crippen LogP contribution in [0.4, 0.5) is 0 Å². The monoisotopic (exact) mass is 403 g/mol. The second-order valence-electron chi connectivity index (χ2n) is 6.77. The average molecular weight is 404 g/mol. The van der Waals surface area contributed by atoms with Crippen LogP contribution in [0.3, 0.4) is 0 Å². The van der Waals surface area contributed by atoms with E-state index in [1.165, 1.54) is 6.26 Å². The van der Waals surface area contributed by atoms with Gasteiger partial charge in [0.2, 0.25) is 0 Å². The van der Waals surface area contributed by atoms with Crippen molar-refractivity contribution in [2.75, 3.05) is 12.8 Å². The van der Waals surface area contributed by atoms with Gasteiger partial charge in [-0.25, -0.2) is 12.9 Å². The van der Waals surface area contributed by atoms with Crippen molar-refractivity contribution in [1.82, 2.24) is 14.5 Å². The molecule has 3 heterocycles. The third-order valence-corrected chi connectivity index (χ3v) is 6.40. The first-order chi connectivity index (χ1) is 12.8. The molecule has 0 N–H and O–H groups in total. The van der Waals surface area contributed by atoms with Gasteiger partial charge in [-0.05, 0) is 48.7 Å². The zero-order valence-corrected chi connectivity index (χ0v) is 16.5. The molecule has 0 saturated heterocycles. The van der Waals surface area contributed by atoms with Crippen molar-refractivity contribution in [2.24, 2.45) is 0 Å². The van der Waals surface area contributed by atoms with Gasteiger partial charge >= 0.3 is 0 Å². The average Bonchev–Trinajstić information content (AvgIpc) is 3.03. The number of aromatic nitrogens is 2. The summed E-state index contributed by atoms with van der Waals surface area (Å²) in [6.45, 7) is 2.35. The smallest absolute Gasteiger partial charge is 0.274 e. The number of hydrogen-bond donors (Lipinski definition) is 0. The molecule has 1 aliphatic rings. The number of carbonyl (C=O) groups excluding carboxylic acids is 1. The van der Waals surface area contributed by atoms with Crippen molar-refractivity contribution in [2.45, 2.75) is 24.3 Å². The van der Waals surface area contributed by atoms with Gasteiger partial charge in [0.1, 0.15) is 0 Å². The molecule has 6 nitrogen and oxygen atoms in total. The van der Waals surface area contributed by atoms with Gasteiger partial charge in [-0.15, -0.1) is 0 Å². The summed E-state index contributed by atoms with van der Waals surface area (Å²) in [6.07, 6.45) is 3.36. The number of fused-ring (bicyclic) bond motifs is 2. The van der Waals surface area contributed by atoms with E-state index in [4.69, 9.17) is 11.6 Å². The van der Waals surface area contributed by atoms with Gasteiger partial charge < -0.3 is 4.90 Å². The fourth-order valence-electron chi connectivity index (χ4n) is 3.67. The molecule has 1 aliphatic heterocycles. The van der Waals surface area contributed by atoms with Crippen LogP contribution in [-0.2, 0) is 16.3 Å². The summed E-state index contributed by atoms with van der Waals surface area (Å²) in [5.74, 6) is -0.183. The summed E-state index contributed by atoms with van der Waals surface area (Å²) in [6, 6.07) is 10.3. The summed E-state index contributed by atoms with van der Waals surface area (Å²) in [7, 11) is -3.31. The maximum atomic E-state index is 13.1. The highest BCUT2D eigenvalue weighted by molar-refractivity contribution is 7.90. The van der Waals surface area contributed by atoms with E-state index in [9.17, 15) is 13.2 Å². The highest BCUT2D eigenvalue weighted by Crippen LogP contribution is 2.34. The zero-order valence-electron chi connectivity index (χ0n) is 14.9. The lowest BCUT2D eigenvalue weighted by Crippen LogP contribution is -2.39. The molecule has 3 aromatic rings. The zero-order chi connectivity index (χ0) is 19.3. The van der Waals surface area contributed by atoms with Crippen LogP contribution in [0, 0.1) is 0 Å². The van der Waals surface area contributed by atoms with Crippen molar-refractivity contribution < 1.29 is 13.2 Å². The van der Waals surface area contributed by atoms with Crippen molar-refractivity contribution in [3.8, 4) is 0 Å². The van der Waals surface area contributed by atoms with Crippen LogP contribution in [0.15, 0.2) is 47.5 Å². The van der Waals surface area contributed by atoms with Gasteiger partial charge in [0.05, 0.1) is 21.5 Å². The maximum absolute atomic E-state index is 13.1. The summed E-state index contributed by atoms with van der Waals surface area (Å²) >= 11 is 5.98. The van der Waals surface area contributed by atoms with E-state index < -0.39 is 9.84 Å². The molecule has 140 valence electrons. The Labute approximate surface area is 162 Å². The molecule has 0 radical (unpaired) electrons. The van der Waals surface area contributed by atoms with Crippen molar-refractivity contribution in [3.63, 3.8) is 0 Å². The summed E-state index contributed by atoms with van der Waals surface area (Å²) in [5.41, 5.74) is 2.79. The molecule has 8 heteroatoms. The van der Waals surface area contributed by atoms with Crippen LogP contribution in [0.1, 0.15) is 34.6 Å². The molecule has 1 unspecified atom stereocenters. The maximum Gasteiger partial charge on any atom is 0.274 e. The number of rotatable bonds is 2. The van der Waals surface area contributed by atoms with Crippen LogP contribution in [0.25, 0.3) is 5.52 Å². The molecule has 1 aromatic carbocycles. The van der Waals surface area contributed by atoms with Crippen LogP contribution < -0.4 is 0 Å². The number of carbonyl (C=O) groups is 1. The topological polar surface area (TPSA) is 71.8 Å². The SMILES string of the molecule is CC1c2cccc(S(C)(=O)=O)c2CCN1C(=O)c1cc2ccc(Cl)cn2n1.